The van der Waals surface area contributed by atoms with Gasteiger partial charge in [-0.2, -0.15) is 0 Å². The average molecular weight is 518 g/mol. The Hall–Kier alpha value is -4.25. The van der Waals surface area contributed by atoms with E-state index >= 15 is 4.39 Å². The van der Waals surface area contributed by atoms with Gasteiger partial charge in [-0.1, -0.05) is 12.1 Å². The Balaban J connectivity index is 1.21. The number of ether oxygens (including phenoxy) is 1. The number of imidazole rings is 1. The van der Waals surface area contributed by atoms with Crippen LogP contribution in [0.3, 0.4) is 0 Å². The molecule has 6 rings (SSSR count). The van der Waals surface area contributed by atoms with E-state index in [2.05, 4.69) is 35.0 Å². The van der Waals surface area contributed by atoms with Gasteiger partial charge in [0.25, 0.3) is 0 Å². The average Bonchev–Trinajstić information content (AvgIpc) is 3.54. The van der Waals surface area contributed by atoms with Crippen LogP contribution in [0.1, 0.15) is 17.9 Å². The van der Waals surface area contributed by atoms with Gasteiger partial charge < -0.3 is 19.8 Å². The minimum atomic E-state index is -0.738. The minimum Gasteiger partial charge on any atom is -0.497 e. The fourth-order valence-corrected chi connectivity index (χ4v) is 5.23. The van der Waals surface area contributed by atoms with Crippen LogP contribution in [0.15, 0.2) is 67.4 Å². The van der Waals surface area contributed by atoms with Crippen molar-refractivity contribution in [2.45, 2.75) is 17.6 Å². The van der Waals surface area contributed by atoms with E-state index in [9.17, 15) is 4.39 Å². The van der Waals surface area contributed by atoms with Crippen molar-refractivity contribution in [1.29, 1.82) is 0 Å². The summed E-state index contributed by atoms with van der Waals surface area (Å²) < 4.78 is 38.5. The van der Waals surface area contributed by atoms with E-state index in [4.69, 9.17) is 4.74 Å². The number of methoxy groups -OCH3 is 1. The van der Waals surface area contributed by atoms with Crippen molar-refractivity contribution < 1.29 is 13.5 Å². The number of fused-ring (bicyclic) bond motifs is 1. The summed E-state index contributed by atoms with van der Waals surface area (Å²) in [5, 5.41) is 3.12. The second kappa shape index (κ2) is 9.66. The third-order valence-corrected chi connectivity index (χ3v) is 7.37. The van der Waals surface area contributed by atoms with E-state index in [1.54, 1.807) is 19.2 Å². The molecule has 0 bridgehead atoms. The number of nitrogens with zero attached hydrogens (tertiary/aromatic N) is 4. The van der Waals surface area contributed by atoms with Crippen LogP contribution < -0.4 is 14.8 Å². The number of anilines is 3. The molecule has 37 heavy (non-hydrogen) atoms. The highest BCUT2D eigenvalue weighted by Gasteiger charge is 2.39. The van der Waals surface area contributed by atoms with E-state index in [1.807, 2.05) is 24.3 Å². The van der Waals surface area contributed by atoms with Crippen molar-refractivity contribution in [3.8, 4) is 17.0 Å². The number of aromatic nitrogens is 5. The zero-order chi connectivity index (χ0) is 25.4. The van der Waals surface area contributed by atoms with Crippen molar-refractivity contribution in [3.63, 3.8) is 0 Å². The minimum absolute atomic E-state index is 0.184. The van der Waals surface area contributed by atoms with E-state index < -0.39 is 11.6 Å². The fraction of sp³-hybridized carbons (Fsp3) is 0.154. The highest BCUT2D eigenvalue weighted by atomic mass is 32.2. The smallest absolute Gasteiger partial charge is 0.173 e. The Morgan fingerprint density at radius 2 is 1.89 bits per heavy atom. The largest absolute Gasteiger partial charge is 0.497 e. The fourth-order valence-electron chi connectivity index (χ4n) is 4.17. The Morgan fingerprint density at radius 3 is 2.73 bits per heavy atom. The molecule has 3 heterocycles. The number of pyridine rings is 1. The van der Waals surface area contributed by atoms with Gasteiger partial charge in [-0.05, 0) is 66.2 Å². The Bertz CT molecular complexity index is 1580. The molecule has 1 fully saturated rings. The Labute approximate surface area is 215 Å². The molecule has 3 N–H and O–H groups in total. The molecular formula is C26H21F2N7OS. The molecule has 1 aliphatic carbocycles. The van der Waals surface area contributed by atoms with Gasteiger partial charge in [0.15, 0.2) is 11.5 Å². The first-order valence-electron chi connectivity index (χ1n) is 11.5. The lowest BCUT2D eigenvalue weighted by atomic mass is 10.1. The number of hydrogen-bond acceptors (Lipinski definition) is 8. The van der Waals surface area contributed by atoms with Gasteiger partial charge in [-0.25, -0.2) is 28.7 Å². The second-order valence-electron chi connectivity index (χ2n) is 8.50. The van der Waals surface area contributed by atoms with Crippen LogP contribution in [0.25, 0.3) is 22.4 Å². The molecule has 11 heteroatoms. The molecule has 0 amide bonds. The van der Waals surface area contributed by atoms with Crippen LogP contribution in [0, 0.1) is 11.6 Å². The lowest BCUT2D eigenvalue weighted by molar-refractivity contribution is 0.414. The number of aromatic amines is 1. The summed E-state index contributed by atoms with van der Waals surface area (Å²) in [6.07, 6.45) is 5.41. The van der Waals surface area contributed by atoms with Gasteiger partial charge in [0, 0.05) is 17.0 Å². The Kier molecular flexibility index (Phi) is 6.05. The summed E-state index contributed by atoms with van der Waals surface area (Å²) in [6.45, 7) is 0. The van der Waals surface area contributed by atoms with E-state index in [0.29, 0.717) is 28.3 Å². The van der Waals surface area contributed by atoms with Gasteiger partial charge in [0.05, 0.1) is 19.1 Å². The SMILES string of the molecule is COc1ccc(C2CC2SNc2ccc(F)c(Nc3ncccc3-c3ncnc4[nH]cnc34)c2F)cc1. The standard InChI is InChI=1S/C26H21F2N7OS/c1-36-15-6-4-14(5-7-15)17-11-20(17)37-35-19-9-8-18(27)23(21(19)28)34-25-16(3-2-10-29-25)22-24-26(32-12-30-22)33-13-31-24/h2-10,12-13,17,20,35H,11H2,1H3,(H,29,34)(H,30,31,32,33). The third-order valence-electron chi connectivity index (χ3n) is 6.21. The lowest BCUT2D eigenvalue weighted by Crippen LogP contribution is -2.04. The molecule has 8 nitrogen and oxygen atoms in total. The van der Waals surface area contributed by atoms with Gasteiger partial charge in [-0.3, -0.25) is 0 Å². The van der Waals surface area contributed by atoms with Crippen molar-refractivity contribution >= 4 is 40.3 Å². The van der Waals surface area contributed by atoms with Crippen molar-refractivity contribution in [1.82, 2.24) is 24.9 Å². The Morgan fingerprint density at radius 1 is 1.03 bits per heavy atom. The summed E-state index contributed by atoms with van der Waals surface area (Å²) in [5.41, 5.74) is 3.19. The molecule has 3 aromatic heterocycles. The maximum Gasteiger partial charge on any atom is 0.173 e. The molecular weight excluding hydrogens is 496 g/mol. The molecule has 0 radical (unpaired) electrons. The number of H-pyrrole nitrogens is 1. The summed E-state index contributed by atoms with van der Waals surface area (Å²) in [7, 11) is 1.64. The zero-order valence-electron chi connectivity index (χ0n) is 19.6. The number of hydrogen-bond donors (Lipinski definition) is 3. The van der Waals surface area contributed by atoms with Crippen LogP contribution in [0.4, 0.5) is 26.0 Å². The summed E-state index contributed by atoms with van der Waals surface area (Å²) in [4.78, 5) is 20.0. The summed E-state index contributed by atoms with van der Waals surface area (Å²) >= 11 is 1.43. The number of benzene rings is 2. The van der Waals surface area contributed by atoms with Gasteiger partial charge >= 0.3 is 0 Å². The first-order valence-corrected chi connectivity index (χ1v) is 12.4. The van der Waals surface area contributed by atoms with Crippen LogP contribution in [-0.4, -0.2) is 37.3 Å². The van der Waals surface area contributed by atoms with Crippen LogP contribution in [-0.2, 0) is 0 Å². The lowest BCUT2D eigenvalue weighted by Gasteiger charge is -2.14. The molecule has 1 aliphatic rings. The van der Waals surface area contributed by atoms with E-state index in [-0.39, 0.29) is 22.4 Å². The first-order chi connectivity index (χ1) is 18.1. The second-order valence-corrected chi connectivity index (χ2v) is 9.55. The van der Waals surface area contributed by atoms with Crippen molar-refractivity contribution in [2.75, 3.05) is 17.1 Å². The van der Waals surface area contributed by atoms with Crippen molar-refractivity contribution in [2.24, 2.45) is 0 Å². The predicted octanol–water partition coefficient (Wildman–Crippen LogP) is 6.06. The highest BCUT2D eigenvalue weighted by molar-refractivity contribution is 8.01. The molecule has 1 saturated carbocycles. The van der Waals surface area contributed by atoms with E-state index in [1.165, 1.54) is 48.5 Å². The van der Waals surface area contributed by atoms with E-state index in [0.717, 1.165) is 12.2 Å². The van der Waals surface area contributed by atoms with Crippen LogP contribution in [0.5, 0.6) is 5.75 Å². The molecule has 0 saturated heterocycles. The maximum absolute atomic E-state index is 15.5. The summed E-state index contributed by atoms with van der Waals surface area (Å²) in [6, 6.07) is 14.1. The highest BCUT2D eigenvalue weighted by Crippen LogP contribution is 2.49. The molecule has 2 atom stereocenters. The quantitative estimate of drug-likeness (QED) is 0.214. The molecule has 186 valence electrons. The predicted molar refractivity (Wildman–Crippen MR) is 140 cm³/mol. The first kappa shape index (κ1) is 23.2. The monoisotopic (exact) mass is 517 g/mol. The molecule has 2 aromatic carbocycles. The molecule has 5 aromatic rings. The van der Waals surface area contributed by atoms with Gasteiger partial charge in [0.1, 0.15) is 40.6 Å². The van der Waals surface area contributed by atoms with Gasteiger partial charge in [0.2, 0.25) is 0 Å². The molecule has 0 spiro atoms. The topological polar surface area (TPSA) is 101 Å². The van der Waals surface area contributed by atoms with Crippen LogP contribution in [0.2, 0.25) is 0 Å². The summed E-state index contributed by atoms with van der Waals surface area (Å²) in [5.74, 6) is -0.0509. The van der Waals surface area contributed by atoms with Gasteiger partial charge in [-0.15, -0.1) is 0 Å². The normalized spacial score (nSPS) is 16.5. The zero-order valence-corrected chi connectivity index (χ0v) is 20.4. The third kappa shape index (κ3) is 4.53. The van der Waals surface area contributed by atoms with Crippen LogP contribution >= 0.6 is 11.9 Å². The molecule has 0 aliphatic heterocycles. The van der Waals surface area contributed by atoms with Crippen molar-refractivity contribution in [3.05, 3.63) is 84.6 Å². The number of halogens is 2. The number of nitrogens with one attached hydrogen (secondary N) is 3. The maximum atomic E-state index is 15.5. The molecule has 2 unspecified atom stereocenters. The number of rotatable bonds is 8.